The van der Waals surface area contributed by atoms with Crippen LogP contribution in [0.3, 0.4) is 0 Å². The minimum Gasteiger partial charge on any atom is -0.310 e. The van der Waals surface area contributed by atoms with Crippen molar-refractivity contribution < 1.29 is 0 Å². The van der Waals surface area contributed by atoms with E-state index in [0.717, 1.165) is 68.2 Å². The third-order valence-electron chi connectivity index (χ3n) is 29.2. The zero-order valence-electron chi connectivity index (χ0n) is 81.8. The van der Waals surface area contributed by atoms with Crippen LogP contribution in [-0.2, 0) is 0 Å². The molecule has 0 saturated heterocycles. The first kappa shape index (κ1) is 88.5. The molecule has 0 spiro atoms. The summed E-state index contributed by atoms with van der Waals surface area (Å²) in [5, 5.41) is 14.7. The SMILES string of the molecule is Cc1ccc(N(c2cc(-c3ccccc3C)cc(-c3ccccc3C)c2)c2ccc3ccc4c(N(c5ccc(C)cc5)c5cc(-c6ccccc6C)cc(-c6ccccc6C)c5)ccc5ccc2c3c54)cc1.Cc1ccccc1-c1cc(-c2ccccc2C)cc(N(c2ccccc2)c2ccc3ccc4c(N(c5ccccc5)c5cc(-c6ccccc6C)cc(-c6ccccc6C)c5)ccc5ccc2c3c54)c1. The summed E-state index contributed by atoms with van der Waals surface area (Å²) in [5.41, 5.74) is 45.2. The molecular weight excluding hydrogens is 1710 g/mol. The topological polar surface area (TPSA) is 13.0 Å². The van der Waals surface area contributed by atoms with E-state index in [9.17, 15) is 0 Å². The average Bonchev–Trinajstić information content (AvgIpc) is 0.719. The van der Waals surface area contributed by atoms with Crippen molar-refractivity contribution in [3.63, 3.8) is 0 Å². The zero-order valence-corrected chi connectivity index (χ0v) is 81.8. The molecule has 0 bridgehead atoms. The van der Waals surface area contributed by atoms with Crippen LogP contribution in [0.2, 0.25) is 0 Å². The van der Waals surface area contributed by atoms with Crippen molar-refractivity contribution in [3.8, 4) is 89.0 Å². The van der Waals surface area contributed by atoms with Gasteiger partial charge in [-0.2, -0.15) is 0 Å². The summed E-state index contributed by atoms with van der Waals surface area (Å²) < 4.78 is 0. The molecule has 142 heavy (non-hydrogen) atoms. The van der Waals surface area contributed by atoms with E-state index in [1.54, 1.807) is 0 Å². The summed E-state index contributed by atoms with van der Waals surface area (Å²) in [6.07, 6.45) is 0. The molecule has 0 fully saturated rings. The molecule has 0 saturated carbocycles. The van der Waals surface area contributed by atoms with Crippen LogP contribution in [0, 0.1) is 69.2 Å². The molecule has 0 amide bonds. The van der Waals surface area contributed by atoms with Gasteiger partial charge in [-0.05, 0) is 391 Å². The molecule has 24 rings (SSSR count). The van der Waals surface area contributed by atoms with Gasteiger partial charge < -0.3 is 19.6 Å². The highest BCUT2D eigenvalue weighted by Crippen LogP contribution is 2.54. The molecule has 0 aliphatic rings. The number of nitrogens with zero attached hydrogens (tertiary/aromatic N) is 4. The molecule has 24 aromatic rings. The fourth-order valence-electron chi connectivity index (χ4n) is 22.0. The van der Waals surface area contributed by atoms with Gasteiger partial charge in [-0.1, -0.05) is 339 Å². The van der Waals surface area contributed by atoms with E-state index in [4.69, 9.17) is 0 Å². The van der Waals surface area contributed by atoms with E-state index in [1.165, 1.54) is 209 Å². The molecule has 24 aromatic carbocycles. The van der Waals surface area contributed by atoms with E-state index >= 15 is 0 Å². The van der Waals surface area contributed by atoms with Crippen LogP contribution < -0.4 is 19.6 Å². The number of hydrogen-bond donors (Lipinski definition) is 0. The first-order chi connectivity index (χ1) is 69.5. The van der Waals surface area contributed by atoms with Crippen LogP contribution in [0.25, 0.3) is 154 Å². The second-order valence-electron chi connectivity index (χ2n) is 38.5. The molecule has 0 unspecified atom stereocenters. The van der Waals surface area contributed by atoms with E-state index in [1.807, 2.05) is 0 Å². The van der Waals surface area contributed by atoms with Crippen LogP contribution in [0.15, 0.2) is 473 Å². The van der Waals surface area contributed by atoms with Crippen molar-refractivity contribution in [1.29, 1.82) is 0 Å². The van der Waals surface area contributed by atoms with E-state index in [2.05, 4.69) is 562 Å². The van der Waals surface area contributed by atoms with Gasteiger partial charge in [-0.15, -0.1) is 0 Å². The number of aryl methyl sites for hydroxylation is 10. The maximum absolute atomic E-state index is 2.48. The van der Waals surface area contributed by atoms with Crippen molar-refractivity contribution in [2.45, 2.75) is 69.2 Å². The van der Waals surface area contributed by atoms with Gasteiger partial charge in [0.25, 0.3) is 0 Å². The third-order valence-corrected chi connectivity index (χ3v) is 29.2. The fraction of sp³-hybridized carbons (Fsp3) is 0.0725. The van der Waals surface area contributed by atoms with Gasteiger partial charge in [0.2, 0.25) is 0 Å². The van der Waals surface area contributed by atoms with Crippen molar-refractivity contribution in [1.82, 2.24) is 0 Å². The van der Waals surface area contributed by atoms with Crippen molar-refractivity contribution in [2.24, 2.45) is 0 Å². The number of anilines is 12. The molecule has 680 valence electrons. The molecule has 4 nitrogen and oxygen atoms in total. The molecule has 0 atom stereocenters. The summed E-state index contributed by atoms with van der Waals surface area (Å²) in [4.78, 5) is 9.91. The molecule has 0 aliphatic carbocycles. The van der Waals surface area contributed by atoms with Gasteiger partial charge in [-0.3, -0.25) is 0 Å². The van der Waals surface area contributed by atoms with Gasteiger partial charge in [0, 0.05) is 67.0 Å². The lowest BCUT2D eigenvalue weighted by Gasteiger charge is -2.30. The highest BCUT2D eigenvalue weighted by Gasteiger charge is 2.29. The minimum absolute atomic E-state index is 1.10. The average molecular weight is 1820 g/mol. The van der Waals surface area contributed by atoms with E-state index in [-0.39, 0.29) is 0 Å². The lowest BCUT2D eigenvalue weighted by Crippen LogP contribution is -2.12. The zero-order chi connectivity index (χ0) is 96.3. The molecule has 0 aliphatic heterocycles. The number of hydrogen-bond acceptors (Lipinski definition) is 4. The first-order valence-electron chi connectivity index (χ1n) is 49.5. The Balaban J connectivity index is 0.000000158. The minimum atomic E-state index is 1.10. The highest BCUT2D eigenvalue weighted by molar-refractivity contribution is 6.30. The largest absolute Gasteiger partial charge is 0.310 e. The molecule has 0 radical (unpaired) electrons. The maximum Gasteiger partial charge on any atom is 0.0540 e. The molecule has 0 N–H and O–H groups in total. The Morgan fingerprint density at radius 2 is 0.289 bits per heavy atom. The standard InChI is InChI=1S/C70H56N2.C68H52N2/c1-45-23-31-57(32-24-45)71(59-41-53(61-19-11-7-15-47(61)3)39-54(42-59)62-20-12-8-16-48(62)4)67-37-29-51-28-36-66-68(38-30-52-27-35-65(67)69(51)70(52)66)72(58-33-25-46(2)26-34-58)60-43-55(63-21-13-9-17-49(63)5)40-56(44-60)64-22-14-10-18-50(64)6;1-45-19-11-15-27-59(45)51-39-52(60-28-16-12-20-46(60)2)42-57(41-51)69(55-23-7-5-8-24-55)65-37-33-49-32-36-64-66(38-34-50-31-35-63(65)67(49)68(50)64)70(56-25-9-6-10-26-56)58-43-53(61-29-17-13-21-47(61)3)40-54(44-58)62-30-18-14-22-48(62)4/h7-44H,1-6H3;5-44H,1-4H3. The second kappa shape index (κ2) is 37.5. The summed E-state index contributed by atoms with van der Waals surface area (Å²) in [7, 11) is 0. The lowest BCUT2D eigenvalue weighted by atomic mass is 9.90. The van der Waals surface area contributed by atoms with Crippen LogP contribution in [0.1, 0.15) is 55.6 Å². The summed E-state index contributed by atoms with van der Waals surface area (Å²) in [6, 6.07) is 176. The predicted molar refractivity (Wildman–Crippen MR) is 610 cm³/mol. The second-order valence-corrected chi connectivity index (χ2v) is 38.5. The van der Waals surface area contributed by atoms with E-state index in [0.29, 0.717) is 0 Å². The molecular formula is C138H108N4. The highest BCUT2D eigenvalue weighted by atomic mass is 15.2. The summed E-state index contributed by atoms with van der Waals surface area (Å²) in [5.74, 6) is 0. The van der Waals surface area contributed by atoms with Crippen molar-refractivity contribution >= 4 is 133 Å². The van der Waals surface area contributed by atoms with Crippen LogP contribution in [0.4, 0.5) is 68.2 Å². The Bertz CT molecular complexity index is 8140. The fourth-order valence-corrected chi connectivity index (χ4v) is 22.0. The van der Waals surface area contributed by atoms with Gasteiger partial charge in [0.1, 0.15) is 0 Å². The van der Waals surface area contributed by atoms with Gasteiger partial charge in [0.15, 0.2) is 0 Å². The van der Waals surface area contributed by atoms with Crippen LogP contribution in [-0.4, -0.2) is 0 Å². The Morgan fingerprint density at radius 3 is 0.472 bits per heavy atom. The van der Waals surface area contributed by atoms with Crippen molar-refractivity contribution in [3.05, 3.63) is 529 Å². The molecule has 0 heterocycles. The Hall–Kier alpha value is -17.4. The van der Waals surface area contributed by atoms with Crippen LogP contribution >= 0.6 is 0 Å². The van der Waals surface area contributed by atoms with Gasteiger partial charge >= 0.3 is 0 Å². The molecule has 4 heteroatoms. The number of benzene rings is 24. The Kier molecular flexibility index (Phi) is 23.4. The number of para-hydroxylation sites is 2. The predicted octanol–water partition coefficient (Wildman–Crippen LogP) is 39.5. The third kappa shape index (κ3) is 16.6. The summed E-state index contributed by atoms with van der Waals surface area (Å²) >= 11 is 0. The van der Waals surface area contributed by atoms with E-state index < -0.39 is 0 Å². The van der Waals surface area contributed by atoms with Gasteiger partial charge in [0.05, 0.1) is 22.7 Å². The van der Waals surface area contributed by atoms with Crippen molar-refractivity contribution in [2.75, 3.05) is 19.6 Å². The quantitative estimate of drug-likeness (QED) is 0.0705. The lowest BCUT2D eigenvalue weighted by molar-refractivity contribution is 1.28. The normalized spacial score (nSPS) is 11.5. The van der Waals surface area contributed by atoms with Gasteiger partial charge in [-0.25, -0.2) is 0 Å². The monoisotopic (exact) mass is 1820 g/mol. The first-order valence-corrected chi connectivity index (χ1v) is 49.5. The Labute approximate surface area is 833 Å². The smallest absolute Gasteiger partial charge is 0.0540 e. The van der Waals surface area contributed by atoms with Crippen LogP contribution in [0.5, 0.6) is 0 Å². The summed E-state index contributed by atoms with van der Waals surface area (Å²) in [6.45, 7) is 22.0. The molecule has 0 aromatic heterocycles. The maximum atomic E-state index is 2.48. The number of rotatable bonds is 20. The Morgan fingerprint density at radius 1 is 0.127 bits per heavy atom.